The van der Waals surface area contributed by atoms with Crippen molar-refractivity contribution in [1.82, 2.24) is 5.43 Å². The molecule has 0 aromatic rings. The number of aliphatic hydroxyl groups excluding tert-OH is 1. The van der Waals surface area contributed by atoms with Gasteiger partial charge in [-0.3, -0.25) is 23.0 Å². The van der Waals surface area contributed by atoms with Gasteiger partial charge in [-0.1, -0.05) is 0 Å². The number of rotatable bonds is 2. The maximum absolute atomic E-state index is 7.92. The van der Waals surface area contributed by atoms with Crippen LogP contribution in [0.25, 0.3) is 0 Å². The Balaban J connectivity index is -0.0000000750. The first-order valence-electron chi connectivity index (χ1n) is 1.79. The van der Waals surface area contributed by atoms with Gasteiger partial charge in [-0.25, -0.2) is 0 Å². The Hall–Kier alpha value is 0.0900. The quantitative estimate of drug-likeness (QED) is 0.221. The molecule has 0 saturated heterocycles. The first kappa shape index (κ1) is 15.7. The van der Waals surface area contributed by atoms with Crippen molar-refractivity contribution in [2.75, 3.05) is 13.2 Å². The number of nitrogens with two attached hydrogens (primary N) is 3. The molecule has 0 aliphatic heterocycles. The molecule has 5 nitrogen and oxygen atoms in total. The van der Waals surface area contributed by atoms with Crippen LogP contribution in [0.4, 0.5) is 0 Å². The predicted octanol–water partition coefficient (Wildman–Crippen LogP) is -2.32. The molecular formula is C2H13ClN4O. The number of hydrazine groups is 2. The van der Waals surface area contributed by atoms with E-state index >= 15 is 0 Å². The molecule has 0 bridgehead atoms. The second kappa shape index (κ2) is 27.5. The average Bonchev–Trinajstić information content (AvgIpc) is 1.75. The van der Waals surface area contributed by atoms with Crippen molar-refractivity contribution in [2.24, 2.45) is 17.5 Å². The van der Waals surface area contributed by atoms with Crippen LogP contribution in [0.5, 0.6) is 0 Å². The van der Waals surface area contributed by atoms with E-state index < -0.39 is 0 Å². The van der Waals surface area contributed by atoms with E-state index in [-0.39, 0.29) is 19.0 Å². The second-order valence-electron chi connectivity index (χ2n) is 0.678. The molecular weight excluding hydrogens is 132 g/mol. The summed E-state index contributed by atoms with van der Waals surface area (Å²) in [7, 11) is 0. The molecule has 0 atom stereocenters. The molecule has 0 radical (unpaired) electrons. The maximum Gasteiger partial charge on any atom is 0.0569 e. The molecule has 0 unspecified atom stereocenters. The lowest BCUT2D eigenvalue weighted by Gasteiger charge is -1.84. The molecule has 0 aromatic heterocycles. The van der Waals surface area contributed by atoms with E-state index in [0.29, 0.717) is 6.54 Å². The summed E-state index contributed by atoms with van der Waals surface area (Å²) in [5.74, 6) is 12.7. The zero-order valence-corrected chi connectivity index (χ0v) is 5.32. The third kappa shape index (κ3) is 36.1. The number of hydrogen-bond donors (Lipinski definition) is 5. The Kier molecular flexibility index (Phi) is 54.0. The van der Waals surface area contributed by atoms with Gasteiger partial charge in [0.1, 0.15) is 0 Å². The summed E-state index contributed by atoms with van der Waals surface area (Å²) < 4.78 is 0. The van der Waals surface area contributed by atoms with Crippen molar-refractivity contribution < 1.29 is 5.11 Å². The zero-order chi connectivity index (χ0) is 6.12. The number of aliphatic hydroxyl groups is 1. The Morgan fingerprint density at radius 2 is 1.75 bits per heavy atom. The topological polar surface area (TPSA) is 110 Å². The molecule has 0 spiro atoms. The Bertz CT molecular complexity index is 21.5. The summed E-state index contributed by atoms with van der Waals surface area (Å²) in [5.41, 5.74) is 2.27. The molecule has 8 N–H and O–H groups in total. The Morgan fingerprint density at radius 1 is 1.38 bits per heavy atom. The molecule has 0 heterocycles. The van der Waals surface area contributed by atoms with Crippen molar-refractivity contribution in [3.63, 3.8) is 0 Å². The summed E-state index contributed by atoms with van der Waals surface area (Å²) in [6, 6.07) is 0. The lowest BCUT2D eigenvalue weighted by Crippen LogP contribution is -2.24. The highest BCUT2D eigenvalue weighted by molar-refractivity contribution is 5.85. The van der Waals surface area contributed by atoms with Crippen LogP contribution in [0.15, 0.2) is 0 Å². The van der Waals surface area contributed by atoms with Gasteiger partial charge in [0.05, 0.1) is 6.61 Å². The normalized spacial score (nSPS) is 6.00. The van der Waals surface area contributed by atoms with Crippen molar-refractivity contribution >= 4 is 12.4 Å². The minimum absolute atomic E-state index is 0. The molecule has 0 rings (SSSR count). The number of halogens is 1. The number of hydrogen-bond acceptors (Lipinski definition) is 5. The SMILES string of the molecule is Cl.NN.NNCCO. The van der Waals surface area contributed by atoms with Gasteiger partial charge in [0.25, 0.3) is 0 Å². The van der Waals surface area contributed by atoms with E-state index in [4.69, 9.17) is 10.9 Å². The fraction of sp³-hybridized carbons (Fsp3) is 1.00. The smallest absolute Gasteiger partial charge is 0.0569 e. The zero-order valence-electron chi connectivity index (χ0n) is 4.50. The molecule has 0 aromatic carbocycles. The van der Waals surface area contributed by atoms with Crippen LogP contribution in [-0.4, -0.2) is 18.3 Å². The lowest BCUT2D eigenvalue weighted by atomic mass is 10.7. The largest absolute Gasteiger partial charge is 0.395 e. The van der Waals surface area contributed by atoms with Gasteiger partial charge in [-0.2, -0.15) is 0 Å². The van der Waals surface area contributed by atoms with Crippen LogP contribution < -0.4 is 23.0 Å². The molecule has 6 heteroatoms. The Morgan fingerprint density at radius 3 is 1.75 bits per heavy atom. The molecule has 0 fully saturated rings. The van der Waals surface area contributed by atoms with E-state index in [1.165, 1.54) is 0 Å². The maximum atomic E-state index is 7.92. The molecule has 8 heavy (non-hydrogen) atoms. The van der Waals surface area contributed by atoms with Gasteiger partial charge >= 0.3 is 0 Å². The van der Waals surface area contributed by atoms with Gasteiger partial charge in [-0.15, -0.1) is 12.4 Å². The van der Waals surface area contributed by atoms with Crippen LogP contribution in [0, 0.1) is 0 Å². The fourth-order valence-electron chi connectivity index (χ4n) is 0.0645. The first-order valence-corrected chi connectivity index (χ1v) is 1.79. The molecule has 0 amide bonds. The predicted molar refractivity (Wildman–Crippen MR) is 34.9 cm³/mol. The summed E-state index contributed by atoms with van der Waals surface area (Å²) in [5, 5.41) is 7.92. The lowest BCUT2D eigenvalue weighted by molar-refractivity contribution is 0.293. The second-order valence-corrected chi connectivity index (χ2v) is 0.678. The van der Waals surface area contributed by atoms with Gasteiger partial charge < -0.3 is 5.11 Å². The summed E-state index contributed by atoms with van der Waals surface area (Å²) in [6.45, 7) is 0.580. The molecule has 0 saturated carbocycles. The standard InChI is InChI=1S/C2H8N2O.ClH.H4N2/c3-4-1-2-5;;1-2/h4-5H,1-3H2;1H;1-2H2. The van der Waals surface area contributed by atoms with Crippen molar-refractivity contribution in [3.05, 3.63) is 0 Å². The van der Waals surface area contributed by atoms with E-state index in [1.54, 1.807) is 0 Å². The Labute approximate surface area is 54.6 Å². The van der Waals surface area contributed by atoms with Crippen molar-refractivity contribution in [1.29, 1.82) is 0 Å². The van der Waals surface area contributed by atoms with Gasteiger partial charge in [0.2, 0.25) is 0 Å². The minimum Gasteiger partial charge on any atom is -0.395 e. The highest BCUT2D eigenvalue weighted by atomic mass is 35.5. The van der Waals surface area contributed by atoms with E-state index in [9.17, 15) is 0 Å². The van der Waals surface area contributed by atoms with Crippen LogP contribution in [0.1, 0.15) is 0 Å². The minimum atomic E-state index is 0. The van der Waals surface area contributed by atoms with Gasteiger partial charge in [-0.05, 0) is 0 Å². The van der Waals surface area contributed by atoms with Crippen LogP contribution in [-0.2, 0) is 0 Å². The van der Waals surface area contributed by atoms with Crippen molar-refractivity contribution in [3.8, 4) is 0 Å². The van der Waals surface area contributed by atoms with Gasteiger partial charge in [0, 0.05) is 6.54 Å². The molecule has 54 valence electrons. The van der Waals surface area contributed by atoms with E-state index in [0.717, 1.165) is 0 Å². The fourth-order valence-corrected chi connectivity index (χ4v) is 0.0645. The summed E-state index contributed by atoms with van der Waals surface area (Å²) in [4.78, 5) is 0. The summed E-state index contributed by atoms with van der Waals surface area (Å²) in [6.07, 6.45) is 0. The first-order chi connectivity index (χ1) is 3.41. The summed E-state index contributed by atoms with van der Waals surface area (Å²) >= 11 is 0. The highest BCUT2D eigenvalue weighted by Crippen LogP contribution is 1.39. The molecule has 0 aliphatic carbocycles. The van der Waals surface area contributed by atoms with Crippen molar-refractivity contribution in [2.45, 2.75) is 0 Å². The highest BCUT2D eigenvalue weighted by Gasteiger charge is 1.66. The average molecular weight is 145 g/mol. The third-order valence-electron chi connectivity index (χ3n) is 0.256. The van der Waals surface area contributed by atoms with E-state index in [1.807, 2.05) is 0 Å². The van der Waals surface area contributed by atoms with E-state index in [2.05, 4.69) is 17.1 Å². The monoisotopic (exact) mass is 144 g/mol. The van der Waals surface area contributed by atoms with Gasteiger partial charge in [0.15, 0.2) is 0 Å². The third-order valence-corrected chi connectivity index (χ3v) is 0.256. The number of nitrogens with one attached hydrogen (secondary N) is 1. The molecule has 0 aliphatic rings. The van der Waals surface area contributed by atoms with Crippen LogP contribution >= 0.6 is 12.4 Å². The van der Waals surface area contributed by atoms with Crippen LogP contribution in [0.3, 0.4) is 0 Å². The van der Waals surface area contributed by atoms with Crippen LogP contribution in [0.2, 0.25) is 0 Å².